The van der Waals surface area contributed by atoms with Gasteiger partial charge in [0.2, 0.25) is 17.7 Å². The molecule has 2 N–H and O–H groups in total. The van der Waals surface area contributed by atoms with Gasteiger partial charge in [-0.3, -0.25) is 43.7 Å². The number of halogens is 3. The van der Waals surface area contributed by atoms with E-state index in [1.165, 1.54) is 4.57 Å². The number of piperidine rings is 2. The van der Waals surface area contributed by atoms with E-state index in [1.54, 1.807) is 49.0 Å². The van der Waals surface area contributed by atoms with Crippen LogP contribution < -0.4 is 16.2 Å². The number of carbonyl (C=O) groups excluding carboxylic acids is 5. The molecule has 5 heterocycles. The summed E-state index contributed by atoms with van der Waals surface area (Å²) in [5, 5.41) is 5.50. The molecular weight excluding hydrogens is 808 g/mol. The van der Waals surface area contributed by atoms with Crippen LogP contribution in [0.1, 0.15) is 115 Å². The van der Waals surface area contributed by atoms with Gasteiger partial charge in [-0.05, 0) is 80.5 Å². The molecule has 0 saturated carbocycles. The molecule has 330 valence electrons. The number of unbranched alkanes of at least 4 members (excludes halogenated alkanes) is 6. The van der Waals surface area contributed by atoms with Crippen molar-refractivity contribution in [3.8, 4) is 11.1 Å². The van der Waals surface area contributed by atoms with E-state index in [4.69, 9.17) is 4.98 Å². The number of rotatable bonds is 17. The average molecular weight is 860 g/mol. The number of nitrogens with zero attached hydrogens (tertiary/aromatic N) is 5. The molecule has 0 spiro atoms. The Morgan fingerprint density at radius 2 is 1.63 bits per heavy atom. The van der Waals surface area contributed by atoms with E-state index in [9.17, 15) is 41.9 Å². The maximum atomic E-state index is 13.3. The number of likely N-dealkylation sites (tertiary alicyclic amines) is 1. The Labute approximate surface area is 356 Å². The zero-order valence-electron chi connectivity index (χ0n) is 35.0. The van der Waals surface area contributed by atoms with E-state index < -0.39 is 42.6 Å². The van der Waals surface area contributed by atoms with Gasteiger partial charge in [-0.1, -0.05) is 44.2 Å². The van der Waals surface area contributed by atoms with Crippen LogP contribution in [-0.4, -0.2) is 92.1 Å². The maximum absolute atomic E-state index is 13.3. The second-order valence-electron chi connectivity index (χ2n) is 16.4. The minimum Gasteiger partial charge on any atom is -0.384 e. The van der Waals surface area contributed by atoms with Crippen molar-refractivity contribution < 1.29 is 41.9 Å². The molecule has 0 aliphatic carbocycles. The number of anilines is 1. The third-order valence-electron chi connectivity index (χ3n) is 12.1. The third-order valence-corrected chi connectivity index (χ3v) is 12.1. The van der Waals surface area contributed by atoms with E-state index in [0.717, 1.165) is 61.0 Å². The van der Waals surface area contributed by atoms with Gasteiger partial charge >= 0.3 is 6.36 Å². The number of imide groups is 2. The number of benzene rings is 2. The molecule has 2 aromatic heterocycles. The number of alkyl halides is 3. The first-order valence-corrected chi connectivity index (χ1v) is 21.4. The van der Waals surface area contributed by atoms with Crippen molar-refractivity contribution in [2.45, 2.75) is 109 Å². The highest BCUT2D eigenvalue weighted by Gasteiger charge is 2.45. The monoisotopic (exact) mass is 859 g/mol. The molecular formula is C45H52F3N7O7. The Morgan fingerprint density at radius 1 is 0.903 bits per heavy atom. The summed E-state index contributed by atoms with van der Waals surface area (Å²) >= 11 is 0. The van der Waals surface area contributed by atoms with Crippen LogP contribution in [0.2, 0.25) is 0 Å². The summed E-state index contributed by atoms with van der Waals surface area (Å²) in [5.74, 6) is -1.40. The molecule has 14 nitrogen and oxygen atoms in total. The molecule has 7 rings (SSSR count). The first kappa shape index (κ1) is 44.2. The Bertz CT molecular complexity index is 2390. The summed E-state index contributed by atoms with van der Waals surface area (Å²) in [7, 11) is 1.68. The number of hydrogen-bond donors (Lipinski definition) is 2. The zero-order valence-corrected chi connectivity index (χ0v) is 35.0. The van der Waals surface area contributed by atoms with E-state index in [-0.39, 0.29) is 47.9 Å². The fourth-order valence-electron chi connectivity index (χ4n) is 8.87. The van der Waals surface area contributed by atoms with E-state index in [1.807, 2.05) is 23.1 Å². The summed E-state index contributed by atoms with van der Waals surface area (Å²) in [6.07, 6.45) is 5.44. The molecule has 5 amide bonds. The minimum atomic E-state index is -4.76. The van der Waals surface area contributed by atoms with Crippen molar-refractivity contribution in [3.63, 3.8) is 0 Å². The fraction of sp³-hybridized carbons (Fsp3) is 0.489. The Kier molecular flexibility index (Phi) is 13.6. The smallest absolute Gasteiger partial charge is 0.384 e. The number of hydrogen-bond acceptors (Lipinski definition) is 9. The number of aromatic nitrogens is 3. The molecule has 3 aliphatic heterocycles. The van der Waals surface area contributed by atoms with Gasteiger partial charge in [0.25, 0.3) is 17.4 Å². The zero-order chi connectivity index (χ0) is 44.1. The van der Waals surface area contributed by atoms with Gasteiger partial charge in [0.15, 0.2) is 0 Å². The molecule has 62 heavy (non-hydrogen) atoms. The predicted octanol–water partition coefficient (Wildman–Crippen LogP) is 6.59. The highest BCUT2D eigenvalue weighted by molar-refractivity contribution is 6.25. The van der Waals surface area contributed by atoms with Gasteiger partial charge < -0.3 is 19.4 Å². The first-order chi connectivity index (χ1) is 29.7. The number of carbonyl (C=O) groups is 5. The normalized spacial score (nSPS) is 17.3. The van der Waals surface area contributed by atoms with Crippen LogP contribution in [0.15, 0.2) is 53.5 Å². The number of fused-ring (bicyclic) bond motifs is 2. The number of imidazole rings is 1. The van der Waals surface area contributed by atoms with Gasteiger partial charge in [-0.25, -0.2) is 4.98 Å². The highest BCUT2D eigenvalue weighted by Crippen LogP contribution is 2.34. The average Bonchev–Trinajstić information content (AvgIpc) is 3.73. The Hall–Kier alpha value is -5.84. The van der Waals surface area contributed by atoms with Crippen LogP contribution in [0.25, 0.3) is 22.2 Å². The molecule has 3 aliphatic rings. The maximum Gasteiger partial charge on any atom is 0.522 e. The van der Waals surface area contributed by atoms with Gasteiger partial charge in [-0.2, -0.15) is 0 Å². The number of nitrogens with one attached hydrogen (secondary N) is 2. The van der Waals surface area contributed by atoms with E-state index in [0.29, 0.717) is 67.0 Å². The molecule has 17 heteroatoms. The number of amides is 5. The lowest BCUT2D eigenvalue weighted by molar-refractivity contribution is -0.325. The molecule has 2 saturated heterocycles. The van der Waals surface area contributed by atoms with Crippen LogP contribution in [0.5, 0.6) is 0 Å². The summed E-state index contributed by atoms with van der Waals surface area (Å²) in [4.78, 5) is 83.6. The van der Waals surface area contributed by atoms with Gasteiger partial charge in [0.05, 0.1) is 28.8 Å². The van der Waals surface area contributed by atoms with Crippen molar-refractivity contribution >= 4 is 46.3 Å². The molecule has 1 unspecified atom stereocenters. The predicted molar refractivity (Wildman–Crippen MR) is 224 cm³/mol. The summed E-state index contributed by atoms with van der Waals surface area (Å²) in [5.41, 5.74) is 4.46. The molecule has 0 radical (unpaired) electrons. The van der Waals surface area contributed by atoms with Crippen molar-refractivity contribution in [1.29, 1.82) is 0 Å². The molecule has 4 aromatic rings. The standard InChI is InChI=1S/C45H52F3N7O7/c1-28-25-31(27-52(2)42(28)59)30-14-15-33-36(26-30)54(23-24-62-45(46,47)48)40(50-33)29-18-21-53(22-19-29)38(57)13-8-6-4-3-5-7-9-20-49-34-12-10-11-32-39(34)44(61)55(43(32)60)35-16-17-37(56)51-41(35)58/h10-12,14-15,25-27,29,35,49H,3-9,13,16-24H2,1-2H3,(H,51,56,58). The Morgan fingerprint density at radius 3 is 2.34 bits per heavy atom. The first-order valence-electron chi connectivity index (χ1n) is 21.4. The van der Waals surface area contributed by atoms with Crippen LogP contribution in [0, 0.1) is 6.92 Å². The third kappa shape index (κ3) is 9.93. The summed E-state index contributed by atoms with van der Waals surface area (Å²) in [6, 6.07) is 11.4. The fourth-order valence-corrected chi connectivity index (χ4v) is 8.87. The lowest BCUT2D eigenvalue weighted by atomic mass is 9.95. The van der Waals surface area contributed by atoms with Crippen LogP contribution in [-0.2, 0) is 32.7 Å². The van der Waals surface area contributed by atoms with Crippen molar-refractivity contribution in [2.75, 3.05) is 31.6 Å². The number of ether oxygens (including phenoxy) is 1. The molecule has 2 fully saturated rings. The van der Waals surface area contributed by atoms with Gasteiger partial charge in [0.1, 0.15) is 11.9 Å². The van der Waals surface area contributed by atoms with Crippen molar-refractivity contribution in [3.05, 3.63) is 81.5 Å². The second-order valence-corrected chi connectivity index (χ2v) is 16.4. The molecule has 1 atom stereocenters. The molecule has 2 aromatic carbocycles. The summed E-state index contributed by atoms with van der Waals surface area (Å²) in [6.45, 7) is 2.80. The second kappa shape index (κ2) is 19.1. The number of aryl methyl sites for hydroxylation is 2. The van der Waals surface area contributed by atoms with Gasteiger partial charge in [-0.15, -0.1) is 13.2 Å². The van der Waals surface area contributed by atoms with Crippen LogP contribution in [0.4, 0.5) is 18.9 Å². The van der Waals surface area contributed by atoms with E-state index in [2.05, 4.69) is 15.4 Å². The Balaban J connectivity index is 0.830. The number of pyridine rings is 1. The lowest BCUT2D eigenvalue weighted by Crippen LogP contribution is -2.54. The quantitative estimate of drug-likeness (QED) is 0.0881. The van der Waals surface area contributed by atoms with Crippen molar-refractivity contribution in [1.82, 2.24) is 29.2 Å². The van der Waals surface area contributed by atoms with Gasteiger partial charge in [0, 0.05) is 69.4 Å². The van der Waals surface area contributed by atoms with Crippen molar-refractivity contribution in [2.24, 2.45) is 7.05 Å². The van der Waals surface area contributed by atoms with Crippen LogP contribution in [0.3, 0.4) is 0 Å². The minimum absolute atomic E-state index is 0.0492. The van der Waals surface area contributed by atoms with E-state index >= 15 is 0 Å². The molecule has 0 bridgehead atoms. The largest absolute Gasteiger partial charge is 0.522 e. The SMILES string of the molecule is Cc1cc(-c2ccc3nc(C4CCN(C(=O)CCCCCCCCCNc5cccc6c5C(=O)N(C5CCC(=O)NC5=O)C6=O)CC4)n(CCOC(F)(F)F)c3c2)cn(C)c1=O. The highest BCUT2D eigenvalue weighted by atomic mass is 19.4. The lowest BCUT2D eigenvalue weighted by Gasteiger charge is -2.32. The van der Waals surface area contributed by atoms with Crippen LogP contribution >= 0.6 is 0 Å². The summed E-state index contributed by atoms with van der Waals surface area (Å²) < 4.78 is 46.4. The topological polar surface area (TPSA) is 165 Å².